The summed E-state index contributed by atoms with van der Waals surface area (Å²) in [4.78, 5) is 10.9. The molecule has 0 amide bonds. The molecule has 1 aromatic carbocycles. The van der Waals surface area contributed by atoms with Crippen LogP contribution in [-0.2, 0) is 17.9 Å². The van der Waals surface area contributed by atoms with Crippen molar-refractivity contribution in [2.24, 2.45) is 4.99 Å². The number of rotatable bonds is 7. The van der Waals surface area contributed by atoms with Gasteiger partial charge in [-0.2, -0.15) is 0 Å². The molecule has 1 fully saturated rings. The van der Waals surface area contributed by atoms with Crippen molar-refractivity contribution >= 4 is 11.8 Å². The monoisotopic (exact) mass is 385 g/mol. The molecule has 1 aromatic heterocycles. The molecule has 7 heteroatoms. The van der Waals surface area contributed by atoms with Gasteiger partial charge >= 0.3 is 0 Å². The van der Waals surface area contributed by atoms with Crippen LogP contribution in [0.3, 0.4) is 0 Å². The normalized spacial score (nSPS) is 17.0. The lowest BCUT2D eigenvalue weighted by Gasteiger charge is -2.20. The summed E-state index contributed by atoms with van der Waals surface area (Å²) in [5.74, 6) is 0.906. The third kappa shape index (κ3) is 5.19. The fraction of sp³-hybridized carbons (Fsp3) is 0.429. The van der Waals surface area contributed by atoms with Crippen molar-refractivity contribution in [1.82, 2.24) is 15.6 Å². The Hall–Kier alpha value is -2.67. The summed E-state index contributed by atoms with van der Waals surface area (Å²) in [6.07, 6.45) is 2.53. The molecule has 3 rings (SSSR count). The van der Waals surface area contributed by atoms with E-state index in [0.717, 1.165) is 36.6 Å². The molecule has 2 heterocycles. The van der Waals surface area contributed by atoms with E-state index in [2.05, 4.69) is 27.8 Å². The molecule has 0 saturated carbocycles. The van der Waals surface area contributed by atoms with Crippen LogP contribution in [-0.4, -0.2) is 43.7 Å². The van der Waals surface area contributed by atoms with Gasteiger partial charge in [-0.3, -0.25) is 0 Å². The quantitative estimate of drug-likeness (QED) is 0.567. The number of guanidine groups is 1. The van der Waals surface area contributed by atoms with Gasteiger partial charge in [0.1, 0.15) is 0 Å². The van der Waals surface area contributed by atoms with Crippen molar-refractivity contribution in [1.29, 1.82) is 0 Å². The van der Waals surface area contributed by atoms with Gasteiger partial charge in [-0.15, -0.1) is 0 Å². The van der Waals surface area contributed by atoms with Crippen LogP contribution in [0, 0.1) is 5.82 Å². The van der Waals surface area contributed by atoms with Crippen molar-refractivity contribution in [3.63, 3.8) is 0 Å². The van der Waals surface area contributed by atoms with Gasteiger partial charge in [0, 0.05) is 39.0 Å². The summed E-state index contributed by atoms with van der Waals surface area (Å²) in [5, 5.41) is 6.77. The van der Waals surface area contributed by atoms with Gasteiger partial charge in [-0.05, 0) is 36.6 Å². The van der Waals surface area contributed by atoms with Gasteiger partial charge in [0.25, 0.3) is 0 Å². The Morgan fingerprint density at radius 2 is 2.11 bits per heavy atom. The zero-order chi connectivity index (χ0) is 19.8. The number of anilines is 1. The summed E-state index contributed by atoms with van der Waals surface area (Å²) >= 11 is 0. The molecule has 28 heavy (non-hydrogen) atoms. The minimum atomic E-state index is -0.279. The molecule has 2 N–H and O–H groups in total. The Kier molecular flexibility index (Phi) is 7.19. The van der Waals surface area contributed by atoms with Gasteiger partial charge in [-0.25, -0.2) is 14.4 Å². The predicted molar refractivity (Wildman–Crippen MR) is 110 cm³/mol. The van der Waals surface area contributed by atoms with E-state index < -0.39 is 0 Å². The van der Waals surface area contributed by atoms with Gasteiger partial charge in [0.15, 0.2) is 17.6 Å². The van der Waals surface area contributed by atoms with Gasteiger partial charge < -0.3 is 20.3 Å². The van der Waals surface area contributed by atoms with Crippen LogP contribution in [0.15, 0.2) is 47.6 Å². The number of aliphatic imine (C=N–C) groups is 1. The fourth-order valence-corrected chi connectivity index (χ4v) is 3.37. The average Bonchev–Trinajstić information content (AvgIpc) is 3.16. The molecule has 0 aliphatic carbocycles. The van der Waals surface area contributed by atoms with Crippen LogP contribution >= 0.6 is 0 Å². The summed E-state index contributed by atoms with van der Waals surface area (Å²) in [7, 11) is 1.70. The van der Waals surface area contributed by atoms with Crippen LogP contribution < -0.4 is 15.5 Å². The Balaban J connectivity index is 1.64. The second-order valence-electron chi connectivity index (χ2n) is 6.78. The molecule has 1 saturated heterocycles. The van der Waals surface area contributed by atoms with E-state index in [0.29, 0.717) is 25.5 Å². The molecular formula is C21H28FN5O. The summed E-state index contributed by atoms with van der Waals surface area (Å²) in [5.41, 5.74) is 2.28. The first-order valence-electron chi connectivity index (χ1n) is 9.67. The third-order valence-electron chi connectivity index (χ3n) is 4.74. The first-order chi connectivity index (χ1) is 13.7. The molecule has 1 aliphatic rings. The topological polar surface area (TPSA) is 61.8 Å². The van der Waals surface area contributed by atoms with Gasteiger partial charge in [0.2, 0.25) is 0 Å². The van der Waals surface area contributed by atoms with E-state index in [4.69, 9.17) is 9.73 Å². The Morgan fingerprint density at radius 1 is 1.29 bits per heavy atom. The summed E-state index contributed by atoms with van der Waals surface area (Å²) < 4.78 is 19.3. The van der Waals surface area contributed by atoms with Crippen molar-refractivity contribution in [2.45, 2.75) is 32.5 Å². The van der Waals surface area contributed by atoms with Crippen LogP contribution in [0.2, 0.25) is 0 Å². The number of ether oxygens (including phenoxy) is 1. The second-order valence-corrected chi connectivity index (χ2v) is 6.78. The third-order valence-corrected chi connectivity index (χ3v) is 4.74. The van der Waals surface area contributed by atoms with E-state index >= 15 is 0 Å². The van der Waals surface area contributed by atoms with Crippen LogP contribution in [0.1, 0.15) is 24.5 Å². The average molecular weight is 385 g/mol. The highest BCUT2D eigenvalue weighted by molar-refractivity contribution is 5.80. The van der Waals surface area contributed by atoms with Crippen LogP contribution in [0.25, 0.3) is 0 Å². The van der Waals surface area contributed by atoms with Crippen molar-refractivity contribution in [3.05, 3.63) is 59.5 Å². The number of benzene rings is 1. The molecule has 1 unspecified atom stereocenters. The van der Waals surface area contributed by atoms with Crippen molar-refractivity contribution < 1.29 is 9.13 Å². The molecule has 1 atom stereocenters. The van der Waals surface area contributed by atoms with Crippen LogP contribution in [0.4, 0.5) is 10.2 Å². The van der Waals surface area contributed by atoms with Crippen molar-refractivity contribution in [3.8, 4) is 0 Å². The van der Waals surface area contributed by atoms with E-state index in [1.54, 1.807) is 19.4 Å². The molecule has 0 spiro atoms. The molecule has 0 bridgehead atoms. The van der Waals surface area contributed by atoms with Crippen LogP contribution in [0.5, 0.6) is 0 Å². The number of nitrogens with zero attached hydrogens (tertiary/aromatic N) is 3. The number of pyridine rings is 1. The number of hydrogen-bond acceptors (Lipinski definition) is 4. The highest BCUT2D eigenvalue weighted by Crippen LogP contribution is 2.20. The maximum Gasteiger partial charge on any atom is 0.191 e. The second kappa shape index (κ2) is 10.0. The number of hydrogen-bond donors (Lipinski definition) is 2. The molecule has 150 valence electrons. The summed E-state index contributed by atoms with van der Waals surface area (Å²) in [6.45, 7) is 5.42. The zero-order valence-corrected chi connectivity index (χ0v) is 16.5. The first-order valence-corrected chi connectivity index (χ1v) is 9.67. The number of methoxy groups -OCH3 is 1. The predicted octanol–water partition coefficient (Wildman–Crippen LogP) is 2.70. The number of halogens is 1. The lowest BCUT2D eigenvalue weighted by atomic mass is 10.1. The van der Waals surface area contributed by atoms with Crippen molar-refractivity contribution in [2.75, 3.05) is 31.6 Å². The highest BCUT2D eigenvalue weighted by atomic mass is 19.1. The molecule has 2 aromatic rings. The molecular weight excluding hydrogens is 357 g/mol. The van der Waals surface area contributed by atoms with E-state index in [1.165, 1.54) is 6.07 Å². The lowest BCUT2D eigenvalue weighted by molar-refractivity contribution is 0.184. The number of aromatic nitrogens is 1. The standard InChI is InChI=1S/C21H28FN5O/c1-3-23-21(25-13-16-7-4-5-8-17(16)15-28-2)26-18-10-12-27(14-18)20-19(22)9-6-11-24-20/h4-9,11,18H,3,10,12-15H2,1-2H3,(H2,23,25,26). The Bertz CT molecular complexity index is 798. The summed E-state index contributed by atoms with van der Waals surface area (Å²) in [6, 6.07) is 11.4. The van der Waals surface area contributed by atoms with Gasteiger partial charge in [-0.1, -0.05) is 24.3 Å². The maximum absolute atomic E-state index is 14.0. The molecule has 1 aliphatic heterocycles. The fourth-order valence-electron chi connectivity index (χ4n) is 3.37. The molecule has 6 nitrogen and oxygen atoms in total. The minimum absolute atomic E-state index is 0.188. The SMILES string of the molecule is CCNC(=NCc1ccccc1COC)NC1CCN(c2ncccc2F)C1. The zero-order valence-electron chi connectivity index (χ0n) is 16.5. The van der Waals surface area contributed by atoms with E-state index in [9.17, 15) is 4.39 Å². The van der Waals surface area contributed by atoms with E-state index in [-0.39, 0.29) is 11.9 Å². The minimum Gasteiger partial charge on any atom is -0.380 e. The highest BCUT2D eigenvalue weighted by Gasteiger charge is 2.25. The molecule has 0 radical (unpaired) electrons. The Morgan fingerprint density at radius 3 is 2.86 bits per heavy atom. The van der Waals surface area contributed by atoms with E-state index in [1.807, 2.05) is 24.0 Å². The first kappa shape index (κ1) is 20.1. The largest absolute Gasteiger partial charge is 0.380 e. The Labute approximate surface area is 165 Å². The number of nitrogens with one attached hydrogen (secondary N) is 2. The van der Waals surface area contributed by atoms with Gasteiger partial charge in [0.05, 0.1) is 13.2 Å². The lowest BCUT2D eigenvalue weighted by Crippen LogP contribution is -2.44. The maximum atomic E-state index is 14.0. The smallest absolute Gasteiger partial charge is 0.191 e.